The zero-order chi connectivity index (χ0) is 12.4. The number of hydrogen-bond acceptors (Lipinski definition) is 5. The molecule has 90 valence electrons. The largest absolute Gasteiger partial charge is 0.382 e. The summed E-state index contributed by atoms with van der Waals surface area (Å²) in [5, 5.41) is 13.3. The molecule has 0 amide bonds. The minimum atomic E-state index is -0.910. The molecule has 0 saturated carbocycles. The Morgan fingerprint density at radius 3 is 2.94 bits per heavy atom. The highest BCUT2D eigenvalue weighted by Gasteiger charge is 2.16. The lowest BCUT2D eigenvalue weighted by Gasteiger charge is -2.01. The smallest absolute Gasteiger partial charge is 0.257 e. The maximum absolute atomic E-state index is 9.47. The molecule has 0 aliphatic heterocycles. The third-order valence-electron chi connectivity index (χ3n) is 2.38. The van der Waals surface area contributed by atoms with Crippen LogP contribution in [0.25, 0.3) is 11.4 Å². The predicted molar refractivity (Wildman–Crippen MR) is 66.2 cm³/mol. The van der Waals surface area contributed by atoms with Crippen LogP contribution in [0.4, 0.5) is 0 Å². The SMILES string of the molecule is Cc1cc(Br)ccc1-c1noc(C(O)CN)n1. The maximum Gasteiger partial charge on any atom is 0.257 e. The van der Waals surface area contributed by atoms with Crippen molar-refractivity contribution in [2.75, 3.05) is 6.54 Å². The zero-order valence-electron chi connectivity index (χ0n) is 9.22. The molecule has 5 nitrogen and oxygen atoms in total. The standard InChI is InChI=1S/C11H12BrN3O2/c1-6-4-7(12)2-3-8(6)10-14-11(17-15-10)9(16)5-13/h2-4,9,16H,5,13H2,1H3. The number of hydrogen-bond donors (Lipinski definition) is 2. The van der Waals surface area contributed by atoms with Gasteiger partial charge < -0.3 is 15.4 Å². The molecule has 2 rings (SSSR count). The van der Waals surface area contributed by atoms with Crippen LogP contribution in [0.15, 0.2) is 27.2 Å². The van der Waals surface area contributed by atoms with Gasteiger partial charge >= 0.3 is 0 Å². The Morgan fingerprint density at radius 1 is 1.53 bits per heavy atom. The summed E-state index contributed by atoms with van der Waals surface area (Å²) in [4.78, 5) is 4.12. The summed E-state index contributed by atoms with van der Waals surface area (Å²) in [6.45, 7) is 2.01. The van der Waals surface area contributed by atoms with Gasteiger partial charge in [0.15, 0.2) is 0 Å². The summed E-state index contributed by atoms with van der Waals surface area (Å²) in [6.07, 6.45) is -0.910. The molecule has 1 heterocycles. The second-order valence-electron chi connectivity index (χ2n) is 3.67. The molecule has 0 radical (unpaired) electrons. The van der Waals surface area contributed by atoms with Crippen LogP contribution in [0.2, 0.25) is 0 Å². The van der Waals surface area contributed by atoms with Gasteiger partial charge in [0.2, 0.25) is 5.82 Å². The third-order valence-corrected chi connectivity index (χ3v) is 2.87. The van der Waals surface area contributed by atoms with Crippen molar-refractivity contribution in [1.29, 1.82) is 0 Å². The van der Waals surface area contributed by atoms with Gasteiger partial charge in [0.1, 0.15) is 6.10 Å². The van der Waals surface area contributed by atoms with Crippen LogP contribution < -0.4 is 5.73 Å². The van der Waals surface area contributed by atoms with Gasteiger partial charge in [-0.3, -0.25) is 0 Å². The Morgan fingerprint density at radius 2 is 2.29 bits per heavy atom. The number of nitrogens with two attached hydrogens (primary N) is 1. The monoisotopic (exact) mass is 297 g/mol. The molecule has 1 unspecified atom stereocenters. The Labute approximate surface area is 107 Å². The van der Waals surface area contributed by atoms with Gasteiger partial charge in [0.05, 0.1) is 0 Å². The van der Waals surface area contributed by atoms with E-state index in [1.807, 2.05) is 25.1 Å². The van der Waals surface area contributed by atoms with Crippen molar-refractivity contribution in [2.24, 2.45) is 5.73 Å². The maximum atomic E-state index is 9.47. The van der Waals surface area contributed by atoms with Gasteiger partial charge in [-0.2, -0.15) is 4.98 Å². The predicted octanol–water partition coefficient (Wildman–Crippen LogP) is 1.80. The number of benzene rings is 1. The van der Waals surface area contributed by atoms with Crippen molar-refractivity contribution in [1.82, 2.24) is 10.1 Å². The molecule has 6 heteroatoms. The van der Waals surface area contributed by atoms with Crippen LogP contribution in [-0.4, -0.2) is 21.8 Å². The average molecular weight is 298 g/mol. The van der Waals surface area contributed by atoms with E-state index in [1.54, 1.807) is 0 Å². The minimum Gasteiger partial charge on any atom is -0.382 e. The van der Waals surface area contributed by atoms with E-state index >= 15 is 0 Å². The number of halogens is 1. The zero-order valence-corrected chi connectivity index (χ0v) is 10.8. The average Bonchev–Trinajstić information content (AvgIpc) is 2.77. The van der Waals surface area contributed by atoms with Gasteiger partial charge in [-0.1, -0.05) is 21.1 Å². The van der Waals surface area contributed by atoms with Crippen molar-refractivity contribution >= 4 is 15.9 Å². The highest BCUT2D eigenvalue weighted by molar-refractivity contribution is 9.10. The summed E-state index contributed by atoms with van der Waals surface area (Å²) in [7, 11) is 0. The van der Waals surface area contributed by atoms with Crippen LogP contribution in [0.5, 0.6) is 0 Å². The quantitative estimate of drug-likeness (QED) is 0.902. The Hall–Kier alpha value is -1.24. The first kappa shape index (κ1) is 12.2. The minimum absolute atomic E-state index is 0.0565. The van der Waals surface area contributed by atoms with E-state index in [0.717, 1.165) is 15.6 Å². The fourth-order valence-corrected chi connectivity index (χ4v) is 1.93. The second kappa shape index (κ2) is 4.95. The van der Waals surface area contributed by atoms with E-state index in [2.05, 4.69) is 26.1 Å². The Balaban J connectivity index is 2.37. The van der Waals surface area contributed by atoms with E-state index in [1.165, 1.54) is 0 Å². The van der Waals surface area contributed by atoms with Gasteiger partial charge in [-0.25, -0.2) is 0 Å². The normalized spacial score (nSPS) is 12.7. The Bertz CT molecular complexity index is 527. The molecule has 3 N–H and O–H groups in total. The van der Waals surface area contributed by atoms with Crippen LogP contribution in [-0.2, 0) is 0 Å². The molecule has 1 aromatic carbocycles. The van der Waals surface area contributed by atoms with E-state index in [4.69, 9.17) is 10.3 Å². The highest BCUT2D eigenvalue weighted by atomic mass is 79.9. The van der Waals surface area contributed by atoms with Gasteiger partial charge in [0, 0.05) is 16.6 Å². The number of aliphatic hydroxyl groups excluding tert-OH is 1. The van der Waals surface area contributed by atoms with Gasteiger partial charge in [-0.15, -0.1) is 0 Å². The van der Waals surface area contributed by atoms with Gasteiger partial charge in [0.25, 0.3) is 5.89 Å². The van der Waals surface area contributed by atoms with Crippen LogP contribution in [0, 0.1) is 6.92 Å². The molecule has 1 atom stereocenters. The molecular formula is C11H12BrN3O2. The number of aliphatic hydroxyl groups is 1. The summed E-state index contributed by atoms with van der Waals surface area (Å²) in [5.74, 6) is 0.599. The van der Waals surface area contributed by atoms with Crippen molar-refractivity contribution < 1.29 is 9.63 Å². The van der Waals surface area contributed by atoms with Crippen molar-refractivity contribution in [3.63, 3.8) is 0 Å². The van der Waals surface area contributed by atoms with Crippen LogP contribution >= 0.6 is 15.9 Å². The van der Waals surface area contributed by atoms with E-state index in [0.29, 0.717) is 5.82 Å². The molecule has 0 saturated heterocycles. The summed E-state index contributed by atoms with van der Waals surface area (Å²) >= 11 is 3.39. The molecule has 2 aromatic rings. The van der Waals surface area contributed by atoms with Gasteiger partial charge in [-0.05, 0) is 30.7 Å². The highest BCUT2D eigenvalue weighted by Crippen LogP contribution is 2.24. The molecule has 0 aliphatic rings. The van der Waals surface area contributed by atoms with E-state index < -0.39 is 6.10 Å². The van der Waals surface area contributed by atoms with Crippen molar-refractivity contribution in [3.8, 4) is 11.4 Å². The molecule has 0 aliphatic carbocycles. The lowest BCUT2D eigenvalue weighted by molar-refractivity contribution is 0.141. The summed E-state index contributed by atoms with van der Waals surface area (Å²) in [5.41, 5.74) is 7.21. The topological polar surface area (TPSA) is 85.2 Å². The summed E-state index contributed by atoms with van der Waals surface area (Å²) in [6, 6.07) is 5.76. The first-order chi connectivity index (χ1) is 8.11. The summed E-state index contributed by atoms with van der Waals surface area (Å²) < 4.78 is 5.94. The molecule has 0 bridgehead atoms. The Kier molecular flexibility index (Phi) is 3.56. The lowest BCUT2D eigenvalue weighted by Crippen LogP contribution is -2.11. The van der Waals surface area contributed by atoms with Crippen LogP contribution in [0.1, 0.15) is 17.6 Å². The number of aryl methyl sites for hydroxylation is 1. The molecule has 17 heavy (non-hydrogen) atoms. The molecule has 1 aromatic heterocycles. The van der Waals surface area contributed by atoms with Crippen molar-refractivity contribution in [3.05, 3.63) is 34.1 Å². The molecular weight excluding hydrogens is 286 g/mol. The second-order valence-corrected chi connectivity index (χ2v) is 4.58. The fourth-order valence-electron chi connectivity index (χ4n) is 1.46. The number of rotatable bonds is 3. The lowest BCUT2D eigenvalue weighted by atomic mass is 10.1. The van der Waals surface area contributed by atoms with E-state index in [-0.39, 0.29) is 12.4 Å². The fraction of sp³-hybridized carbons (Fsp3) is 0.273. The first-order valence-corrected chi connectivity index (χ1v) is 5.89. The van der Waals surface area contributed by atoms with Crippen LogP contribution in [0.3, 0.4) is 0 Å². The van der Waals surface area contributed by atoms with Crippen molar-refractivity contribution in [2.45, 2.75) is 13.0 Å². The number of aromatic nitrogens is 2. The van der Waals surface area contributed by atoms with E-state index in [9.17, 15) is 5.11 Å². The molecule has 0 spiro atoms. The number of nitrogens with zero attached hydrogens (tertiary/aromatic N) is 2. The molecule has 0 fully saturated rings. The first-order valence-electron chi connectivity index (χ1n) is 5.10. The third kappa shape index (κ3) is 2.54.